The zero-order valence-corrected chi connectivity index (χ0v) is 27.5. The molecule has 0 bridgehead atoms. The van der Waals surface area contributed by atoms with Gasteiger partial charge >= 0.3 is 0 Å². The second-order valence-corrected chi connectivity index (χ2v) is 13.6. The number of nitrogens with zero attached hydrogens (tertiary/aromatic N) is 4. The van der Waals surface area contributed by atoms with Crippen molar-refractivity contribution in [2.75, 3.05) is 0 Å². The lowest BCUT2D eigenvalue weighted by Gasteiger charge is -2.13. The number of thiophene rings is 1. The lowest BCUT2D eigenvalue weighted by molar-refractivity contribution is 1.17. The highest BCUT2D eigenvalue weighted by atomic mass is 32.1. The van der Waals surface area contributed by atoms with Crippen molar-refractivity contribution in [1.29, 1.82) is 5.26 Å². The van der Waals surface area contributed by atoms with Gasteiger partial charge in [0.2, 0.25) is 0 Å². The van der Waals surface area contributed by atoms with Crippen molar-refractivity contribution in [2.24, 2.45) is 0 Å². The van der Waals surface area contributed by atoms with Crippen molar-refractivity contribution in [2.45, 2.75) is 0 Å². The largest absolute Gasteiger partial charge is 0.309 e. The highest BCUT2D eigenvalue weighted by Gasteiger charge is 2.21. The average molecular weight is 655 g/mol. The molecule has 0 aliphatic rings. The number of hydrogen-bond donors (Lipinski definition) is 0. The lowest BCUT2D eigenvalue weighted by Crippen LogP contribution is -2.01. The van der Waals surface area contributed by atoms with Gasteiger partial charge in [-0.2, -0.15) is 5.26 Å². The normalized spacial score (nSPS) is 11.6. The predicted octanol–water partition coefficient (Wildman–Crippen LogP) is 12.0. The molecule has 0 N–H and O–H groups in total. The van der Waals surface area contributed by atoms with Crippen LogP contribution in [0.3, 0.4) is 0 Å². The van der Waals surface area contributed by atoms with Gasteiger partial charge in [-0.05, 0) is 59.3 Å². The third-order valence-corrected chi connectivity index (χ3v) is 10.8. The zero-order valence-electron chi connectivity index (χ0n) is 26.7. The number of benzene rings is 7. The molecule has 5 heteroatoms. The van der Waals surface area contributed by atoms with E-state index in [1.54, 1.807) is 11.3 Å². The van der Waals surface area contributed by atoms with Gasteiger partial charge in [0.1, 0.15) is 11.6 Å². The maximum atomic E-state index is 10.7. The van der Waals surface area contributed by atoms with Crippen LogP contribution in [-0.2, 0) is 0 Å². The van der Waals surface area contributed by atoms with Crippen LogP contribution in [0.1, 0.15) is 5.56 Å². The Kier molecular flexibility index (Phi) is 6.38. The molecular weight excluding hydrogens is 629 g/mol. The number of rotatable bonds is 4. The predicted molar refractivity (Wildman–Crippen MR) is 208 cm³/mol. The van der Waals surface area contributed by atoms with E-state index in [1.165, 1.54) is 36.6 Å². The molecule has 7 aromatic carbocycles. The quantitative estimate of drug-likeness (QED) is 0.190. The van der Waals surface area contributed by atoms with Gasteiger partial charge in [-0.25, -0.2) is 9.97 Å². The summed E-state index contributed by atoms with van der Waals surface area (Å²) in [5, 5.41) is 17.8. The van der Waals surface area contributed by atoms with Gasteiger partial charge in [0.25, 0.3) is 0 Å². The van der Waals surface area contributed by atoms with E-state index in [0.717, 1.165) is 38.5 Å². The van der Waals surface area contributed by atoms with Crippen LogP contribution in [0.5, 0.6) is 0 Å². The fraction of sp³-hybridized carbons (Fsp3) is 0. The van der Waals surface area contributed by atoms with E-state index in [4.69, 9.17) is 9.97 Å². The van der Waals surface area contributed by atoms with E-state index in [1.807, 2.05) is 42.5 Å². The molecule has 0 aliphatic heterocycles. The minimum absolute atomic E-state index is 0.463. The Labute approximate surface area is 291 Å². The maximum absolute atomic E-state index is 10.7. The molecule has 10 rings (SSSR count). The third kappa shape index (κ3) is 4.43. The van der Waals surface area contributed by atoms with Crippen LogP contribution >= 0.6 is 11.3 Å². The Bertz CT molecular complexity index is 2990. The number of aromatic nitrogens is 3. The molecule has 0 radical (unpaired) electrons. The fourth-order valence-electron chi connectivity index (χ4n) is 7.28. The van der Waals surface area contributed by atoms with Gasteiger partial charge in [-0.3, -0.25) is 0 Å². The van der Waals surface area contributed by atoms with E-state index >= 15 is 0 Å². The minimum Gasteiger partial charge on any atom is -0.309 e. The first kappa shape index (κ1) is 28.4. The summed E-state index contributed by atoms with van der Waals surface area (Å²) >= 11 is 1.80. The molecule has 0 saturated heterocycles. The molecule has 3 aromatic heterocycles. The van der Waals surface area contributed by atoms with E-state index in [2.05, 4.69) is 126 Å². The second kappa shape index (κ2) is 11.2. The minimum atomic E-state index is 0.463. The van der Waals surface area contributed by atoms with Gasteiger partial charge in [-0.15, -0.1) is 11.3 Å². The molecule has 0 spiro atoms. The molecule has 50 heavy (non-hydrogen) atoms. The van der Waals surface area contributed by atoms with E-state index in [9.17, 15) is 5.26 Å². The molecule has 0 amide bonds. The lowest BCUT2D eigenvalue weighted by atomic mass is 9.97. The van der Waals surface area contributed by atoms with E-state index in [-0.39, 0.29) is 0 Å². The van der Waals surface area contributed by atoms with Gasteiger partial charge in [0.15, 0.2) is 5.82 Å². The van der Waals surface area contributed by atoms with Crippen LogP contribution < -0.4 is 0 Å². The SMILES string of the molecule is N#Cc1c(-c2ccc3ccccc3c2)nc(-c2ccccc2)nc1-c1ccc2sc3cc4c5ccccc5n(-c5ccccc5)c4cc3c2c1. The van der Waals surface area contributed by atoms with Crippen molar-refractivity contribution >= 4 is 64.1 Å². The Morgan fingerprint density at radius 2 is 1.14 bits per heavy atom. The molecule has 0 fully saturated rings. The monoisotopic (exact) mass is 654 g/mol. The molecule has 0 unspecified atom stereocenters. The standard InChI is InChI=1S/C45H26N4S/c46-27-38-43(31-20-19-28-11-7-8-14-30(28)23-31)47-45(29-12-3-1-4-13-29)48-44(38)32-21-22-41-36(24-32)37-25-40-35(26-42(37)50-41)34-17-9-10-18-39(34)49(40)33-15-5-2-6-16-33/h1-26H. The molecule has 10 aromatic rings. The van der Waals surface area contributed by atoms with Crippen LogP contribution in [0.4, 0.5) is 0 Å². The molecule has 3 heterocycles. The summed E-state index contributed by atoms with van der Waals surface area (Å²) in [5.41, 5.74) is 7.89. The Morgan fingerprint density at radius 3 is 1.94 bits per heavy atom. The Hall–Kier alpha value is -6.61. The first-order valence-corrected chi connectivity index (χ1v) is 17.4. The van der Waals surface area contributed by atoms with Crippen LogP contribution in [0.2, 0.25) is 0 Å². The summed E-state index contributed by atoms with van der Waals surface area (Å²) in [6, 6.07) is 57.4. The Morgan fingerprint density at radius 1 is 0.480 bits per heavy atom. The molecule has 0 aliphatic carbocycles. The second-order valence-electron chi connectivity index (χ2n) is 12.5. The number of fused-ring (bicyclic) bond motifs is 7. The summed E-state index contributed by atoms with van der Waals surface area (Å²) in [5.74, 6) is 0.590. The maximum Gasteiger partial charge on any atom is 0.160 e. The van der Waals surface area contributed by atoms with Crippen molar-refractivity contribution in [3.05, 3.63) is 163 Å². The summed E-state index contributed by atoms with van der Waals surface area (Å²) in [7, 11) is 0. The number of para-hydroxylation sites is 2. The average Bonchev–Trinajstić information content (AvgIpc) is 3.71. The fourth-order valence-corrected chi connectivity index (χ4v) is 8.39. The Balaban J connectivity index is 1.23. The van der Waals surface area contributed by atoms with Gasteiger partial charge in [0, 0.05) is 53.3 Å². The van der Waals surface area contributed by atoms with Crippen molar-refractivity contribution < 1.29 is 0 Å². The molecule has 0 saturated carbocycles. The third-order valence-electron chi connectivity index (χ3n) is 9.63. The zero-order chi connectivity index (χ0) is 33.2. The summed E-state index contributed by atoms with van der Waals surface area (Å²) < 4.78 is 4.78. The van der Waals surface area contributed by atoms with E-state index in [0.29, 0.717) is 22.8 Å². The number of nitriles is 1. The van der Waals surface area contributed by atoms with E-state index < -0.39 is 0 Å². The molecule has 232 valence electrons. The first-order chi connectivity index (χ1) is 24.7. The van der Waals surface area contributed by atoms with Gasteiger partial charge in [0.05, 0.1) is 22.4 Å². The molecule has 4 nitrogen and oxygen atoms in total. The van der Waals surface area contributed by atoms with Gasteiger partial charge < -0.3 is 4.57 Å². The van der Waals surface area contributed by atoms with Crippen LogP contribution in [0.25, 0.3) is 92.3 Å². The highest BCUT2D eigenvalue weighted by Crippen LogP contribution is 2.42. The molecular formula is C45H26N4S. The smallest absolute Gasteiger partial charge is 0.160 e. The summed E-state index contributed by atoms with van der Waals surface area (Å²) in [4.78, 5) is 10.1. The van der Waals surface area contributed by atoms with Crippen molar-refractivity contribution in [3.63, 3.8) is 0 Å². The summed E-state index contributed by atoms with van der Waals surface area (Å²) in [6.45, 7) is 0. The van der Waals surface area contributed by atoms with Gasteiger partial charge in [-0.1, -0.05) is 109 Å². The highest BCUT2D eigenvalue weighted by molar-refractivity contribution is 7.25. The van der Waals surface area contributed by atoms with Crippen molar-refractivity contribution in [1.82, 2.24) is 14.5 Å². The van der Waals surface area contributed by atoms with Crippen molar-refractivity contribution in [3.8, 4) is 45.7 Å². The first-order valence-electron chi connectivity index (χ1n) is 16.6. The topological polar surface area (TPSA) is 54.5 Å². The van der Waals surface area contributed by atoms with Crippen LogP contribution in [-0.4, -0.2) is 14.5 Å². The summed E-state index contributed by atoms with van der Waals surface area (Å²) in [6.07, 6.45) is 0. The number of hydrogen-bond acceptors (Lipinski definition) is 4. The van der Waals surface area contributed by atoms with Crippen LogP contribution in [0, 0.1) is 11.3 Å². The molecule has 0 atom stereocenters. The van der Waals surface area contributed by atoms with Crippen LogP contribution in [0.15, 0.2) is 158 Å².